The second kappa shape index (κ2) is 6.59. The van der Waals surface area contributed by atoms with Crippen molar-refractivity contribution in [2.24, 2.45) is 5.10 Å². The van der Waals surface area contributed by atoms with Gasteiger partial charge in [-0.05, 0) is 38.1 Å². The van der Waals surface area contributed by atoms with Crippen LogP contribution in [0.15, 0.2) is 59.7 Å². The maximum atomic E-state index is 5.73. The summed E-state index contributed by atoms with van der Waals surface area (Å²) in [5.74, 6) is 0.844. The lowest BCUT2D eigenvalue weighted by Crippen LogP contribution is -2.07. The number of hydrogen-bond acceptors (Lipinski definition) is 3. The Kier molecular flexibility index (Phi) is 4.56. The van der Waals surface area contributed by atoms with Gasteiger partial charge in [-0.3, -0.25) is 5.43 Å². The number of hydrogen-bond donors (Lipinski definition) is 1. The molecule has 1 N–H and O–H groups in total. The molecule has 3 heteroatoms. The first-order chi connectivity index (χ1) is 9.25. The van der Waals surface area contributed by atoms with Gasteiger partial charge in [-0.2, -0.15) is 5.10 Å². The standard InChI is InChI=1S/C16H18N2O/c1-13(2)19-16-11-7-6-8-14(16)12-17-18-15-9-4-3-5-10-15/h3-13,18H,1-2H3/b17-12-. The Morgan fingerprint density at radius 1 is 1.00 bits per heavy atom. The fraction of sp³-hybridized carbons (Fsp3) is 0.188. The van der Waals surface area contributed by atoms with Gasteiger partial charge in [0.1, 0.15) is 5.75 Å². The van der Waals surface area contributed by atoms with Crippen LogP contribution in [-0.4, -0.2) is 12.3 Å². The lowest BCUT2D eigenvalue weighted by atomic mass is 10.2. The number of nitrogens with one attached hydrogen (secondary N) is 1. The van der Waals surface area contributed by atoms with E-state index in [1.807, 2.05) is 68.4 Å². The number of rotatable bonds is 5. The van der Waals surface area contributed by atoms with Crippen molar-refractivity contribution in [3.8, 4) is 5.75 Å². The van der Waals surface area contributed by atoms with Crippen LogP contribution in [0.1, 0.15) is 19.4 Å². The zero-order valence-electron chi connectivity index (χ0n) is 11.2. The van der Waals surface area contributed by atoms with Gasteiger partial charge in [0.2, 0.25) is 0 Å². The summed E-state index contributed by atoms with van der Waals surface area (Å²) >= 11 is 0. The van der Waals surface area contributed by atoms with Gasteiger partial charge in [-0.25, -0.2) is 0 Å². The van der Waals surface area contributed by atoms with E-state index >= 15 is 0 Å². The largest absolute Gasteiger partial charge is 0.490 e. The molecule has 0 atom stereocenters. The molecule has 98 valence electrons. The van der Waals surface area contributed by atoms with Crippen LogP contribution in [0.25, 0.3) is 0 Å². The molecule has 0 bridgehead atoms. The predicted octanol–water partition coefficient (Wildman–Crippen LogP) is 3.92. The third-order valence-electron chi connectivity index (χ3n) is 2.45. The van der Waals surface area contributed by atoms with Crippen molar-refractivity contribution >= 4 is 11.9 Å². The van der Waals surface area contributed by atoms with Gasteiger partial charge in [-0.15, -0.1) is 0 Å². The quantitative estimate of drug-likeness (QED) is 0.648. The third-order valence-corrected chi connectivity index (χ3v) is 2.45. The van der Waals surface area contributed by atoms with Gasteiger partial charge >= 0.3 is 0 Å². The zero-order chi connectivity index (χ0) is 13.5. The number of hydrazone groups is 1. The van der Waals surface area contributed by atoms with Crippen LogP contribution in [0.2, 0.25) is 0 Å². The first-order valence-electron chi connectivity index (χ1n) is 6.35. The molecular formula is C16H18N2O. The van der Waals surface area contributed by atoms with Crippen molar-refractivity contribution in [1.82, 2.24) is 0 Å². The molecule has 19 heavy (non-hydrogen) atoms. The molecule has 0 heterocycles. The highest BCUT2D eigenvalue weighted by atomic mass is 16.5. The molecule has 0 radical (unpaired) electrons. The summed E-state index contributed by atoms with van der Waals surface area (Å²) in [6.07, 6.45) is 1.92. The van der Waals surface area contributed by atoms with Crippen LogP contribution < -0.4 is 10.2 Å². The van der Waals surface area contributed by atoms with Crippen molar-refractivity contribution in [2.45, 2.75) is 20.0 Å². The Bertz CT molecular complexity index is 535. The van der Waals surface area contributed by atoms with E-state index < -0.39 is 0 Å². The van der Waals surface area contributed by atoms with E-state index in [4.69, 9.17) is 4.74 Å². The Labute approximate surface area is 113 Å². The van der Waals surface area contributed by atoms with Gasteiger partial charge in [0.15, 0.2) is 0 Å². The molecule has 0 saturated heterocycles. The molecule has 2 rings (SSSR count). The molecule has 2 aromatic carbocycles. The molecule has 0 spiro atoms. The minimum atomic E-state index is 0.150. The monoisotopic (exact) mass is 254 g/mol. The summed E-state index contributed by atoms with van der Waals surface area (Å²) < 4.78 is 5.73. The fourth-order valence-electron chi connectivity index (χ4n) is 1.64. The molecule has 2 aromatic rings. The Morgan fingerprint density at radius 2 is 1.68 bits per heavy atom. The van der Waals surface area contributed by atoms with E-state index in [9.17, 15) is 0 Å². The lowest BCUT2D eigenvalue weighted by molar-refractivity contribution is 0.242. The van der Waals surface area contributed by atoms with E-state index in [2.05, 4.69) is 10.5 Å². The van der Waals surface area contributed by atoms with E-state index in [0.29, 0.717) is 0 Å². The van der Waals surface area contributed by atoms with Gasteiger partial charge in [0.25, 0.3) is 0 Å². The number of ether oxygens (including phenoxy) is 1. The van der Waals surface area contributed by atoms with Crippen LogP contribution in [0.3, 0.4) is 0 Å². The molecule has 3 nitrogen and oxygen atoms in total. The first kappa shape index (κ1) is 13.1. The van der Waals surface area contributed by atoms with Gasteiger partial charge < -0.3 is 4.74 Å². The second-order valence-electron chi connectivity index (χ2n) is 4.44. The van der Waals surface area contributed by atoms with Crippen LogP contribution in [0.4, 0.5) is 5.69 Å². The highest BCUT2D eigenvalue weighted by Gasteiger charge is 2.02. The van der Waals surface area contributed by atoms with Gasteiger partial charge in [0.05, 0.1) is 18.0 Å². The van der Waals surface area contributed by atoms with Crippen molar-refractivity contribution in [3.05, 3.63) is 60.2 Å². The number of anilines is 1. The summed E-state index contributed by atoms with van der Waals surface area (Å²) in [6.45, 7) is 4.02. The normalized spacial score (nSPS) is 10.9. The maximum Gasteiger partial charge on any atom is 0.128 e. The minimum absolute atomic E-state index is 0.150. The molecule has 0 aliphatic heterocycles. The lowest BCUT2D eigenvalue weighted by Gasteiger charge is -2.11. The van der Waals surface area contributed by atoms with Crippen molar-refractivity contribution in [2.75, 3.05) is 5.43 Å². The SMILES string of the molecule is CC(C)Oc1ccccc1/C=N\Nc1ccccc1. The minimum Gasteiger partial charge on any atom is -0.490 e. The molecule has 0 fully saturated rings. The average Bonchev–Trinajstić information content (AvgIpc) is 2.41. The van der Waals surface area contributed by atoms with E-state index in [-0.39, 0.29) is 6.10 Å². The highest BCUT2D eigenvalue weighted by molar-refractivity contribution is 5.84. The van der Waals surface area contributed by atoms with Crippen LogP contribution in [0, 0.1) is 0 Å². The predicted molar refractivity (Wildman–Crippen MR) is 79.9 cm³/mol. The van der Waals surface area contributed by atoms with Crippen molar-refractivity contribution in [3.63, 3.8) is 0 Å². The molecule has 0 aliphatic carbocycles. The van der Waals surface area contributed by atoms with Crippen LogP contribution in [-0.2, 0) is 0 Å². The van der Waals surface area contributed by atoms with Gasteiger partial charge in [-0.1, -0.05) is 30.3 Å². The van der Waals surface area contributed by atoms with Crippen LogP contribution >= 0.6 is 0 Å². The molecule has 0 unspecified atom stereocenters. The second-order valence-corrected chi connectivity index (χ2v) is 4.44. The summed E-state index contributed by atoms with van der Waals surface area (Å²) in [4.78, 5) is 0. The summed E-state index contributed by atoms with van der Waals surface area (Å²) in [5, 5.41) is 4.22. The summed E-state index contributed by atoms with van der Waals surface area (Å²) in [6, 6.07) is 17.7. The number of benzene rings is 2. The number of para-hydroxylation sites is 2. The molecule has 0 saturated carbocycles. The average molecular weight is 254 g/mol. The van der Waals surface area contributed by atoms with E-state index in [1.165, 1.54) is 0 Å². The zero-order valence-corrected chi connectivity index (χ0v) is 11.2. The Hall–Kier alpha value is -2.29. The van der Waals surface area contributed by atoms with Crippen molar-refractivity contribution in [1.29, 1.82) is 0 Å². The first-order valence-corrected chi connectivity index (χ1v) is 6.35. The topological polar surface area (TPSA) is 33.6 Å². The molecule has 0 amide bonds. The summed E-state index contributed by atoms with van der Waals surface area (Å²) in [7, 11) is 0. The van der Waals surface area contributed by atoms with E-state index in [1.54, 1.807) is 6.21 Å². The highest BCUT2D eigenvalue weighted by Crippen LogP contribution is 2.17. The molecular weight excluding hydrogens is 236 g/mol. The maximum absolute atomic E-state index is 5.73. The summed E-state index contributed by atoms with van der Waals surface area (Å²) in [5.41, 5.74) is 4.90. The smallest absolute Gasteiger partial charge is 0.128 e. The molecule has 0 aromatic heterocycles. The third kappa shape index (κ3) is 4.14. The fourth-order valence-corrected chi connectivity index (χ4v) is 1.64. The Balaban J connectivity index is 2.06. The van der Waals surface area contributed by atoms with Crippen molar-refractivity contribution < 1.29 is 4.74 Å². The van der Waals surface area contributed by atoms with Gasteiger partial charge in [0, 0.05) is 5.56 Å². The molecule has 0 aliphatic rings. The van der Waals surface area contributed by atoms with Crippen LogP contribution in [0.5, 0.6) is 5.75 Å². The van der Waals surface area contributed by atoms with E-state index in [0.717, 1.165) is 17.0 Å². The number of nitrogens with zero attached hydrogens (tertiary/aromatic N) is 1. The Morgan fingerprint density at radius 3 is 2.42 bits per heavy atom.